The normalized spacial score (nSPS) is 16.3. The smallest absolute Gasteiger partial charge is 0.176 e. The number of aryl methyl sites for hydroxylation is 1. The summed E-state index contributed by atoms with van der Waals surface area (Å²) in [5.41, 5.74) is 1.12. The second-order valence-corrected chi connectivity index (χ2v) is 5.58. The van der Waals surface area contributed by atoms with Crippen molar-refractivity contribution in [2.45, 2.75) is 19.3 Å². The van der Waals surface area contributed by atoms with Crippen molar-refractivity contribution in [3.63, 3.8) is 0 Å². The number of phenols is 1. The van der Waals surface area contributed by atoms with Gasteiger partial charge in [0.05, 0.1) is 12.1 Å². The monoisotopic (exact) mass is 298 g/mol. The topological polar surface area (TPSA) is 44.7 Å². The van der Waals surface area contributed by atoms with Crippen LogP contribution in [-0.2, 0) is 6.42 Å². The van der Waals surface area contributed by atoms with Crippen molar-refractivity contribution in [1.82, 2.24) is 10.2 Å². The number of unbranched alkanes of at least 4 members (excludes halogenated alkanes) is 1. The third-order valence-corrected chi connectivity index (χ3v) is 4.00. The highest BCUT2D eigenvalue weighted by Crippen LogP contribution is 2.35. The van der Waals surface area contributed by atoms with Crippen LogP contribution in [0.3, 0.4) is 0 Å². The summed E-state index contributed by atoms with van der Waals surface area (Å²) in [7, 11) is 1.54. The number of nitrogens with zero attached hydrogens (tertiary/aromatic N) is 1. The Morgan fingerprint density at radius 2 is 2.05 bits per heavy atom. The van der Waals surface area contributed by atoms with Crippen molar-refractivity contribution >= 4 is 11.6 Å². The molecule has 1 aliphatic rings. The molecular formula is C15H23ClN2O2. The van der Waals surface area contributed by atoms with Crippen LogP contribution in [0.25, 0.3) is 0 Å². The predicted octanol–water partition coefficient (Wildman–Crippen LogP) is 2.28. The summed E-state index contributed by atoms with van der Waals surface area (Å²) in [6, 6.07) is 3.69. The van der Waals surface area contributed by atoms with E-state index in [-0.39, 0.29) is 5.75 Å². The Hall–Kier alpha value is -0.970. The van der Waals surface area contributed by atoms with Gasteiger partial charge in [-0.1, -0.05) is 11.6 Å². The maximum atomic E-state index is 9.69. The summed E-state index contributed by atoms with van der Waals surface area (Å²) < 4.78 is 5.12. The van der Waals surface area contributed by atoms with Crippen LogP contribution >= 0.6 is 11.6 Å². The number of halogens is 1. The molecule has 2 N–H and O–H groups in total. The Kier molecular flexibility index (Phi) is 5.95. The van der Waals surface area contributed by atoms with Crippen LogP contribution in [0.5, 0.6) is 11.5 Å². The van der Waals surface area contributed by atoms with Crippen LogP contribution in [0.1, 0.15) is 18.4 Å². The molecule has 0 aromatic heterocycles. The Labute approximate surface area is 125 Å². The number of rotatable bonds is 6. The molecule has 1 aromatic carbocycles. The number of hydrogen-bond donors (Lipinski definition) is 2. The van der Waals surface area contributed by atoms with Gasteiger partial charge in [-0.05, 0) is 43.5 Å². The lowest BCUT2D eigenvalue weighted by Crippen LogP contribution is -2.43. The molecule has 1 aromatic rings. The third kappa shape index (κ3) is 4.27. The van der Waals surface area contributed by atoms with E-state index in [1.54, 1.807) is 7.11 Å². The highest BCUT2D eigenvalue weighted by atomic mass is 35.5. The molecule has 0 aliphatic carbocycles. The average molecular weight is 299 g/mol. The van der Waals surface area contributed by atoms with Gasteiger partial charge in [-0.3, -0.25) is 0 Å². The summed E-state index contributed by atoms with van der Waals surface area (Å²) in [5.74, 6) is 0.480. The van der Waals surface area contributed by atoms with Gasteiger partial charge in [-0.2, -0.15) is 0 Å². The maximum Gasteiger partial charge on any atom is 0.176 e. The van der Waals surface area contributed by atoms with Crippen molar-refractivity contribution in [2.75, 3.05) is 39.8 Å². The number of hydrogen-bond acceptors (Lipinski definition) is 4. The predicted molar refractivity (Wildman–Crippen MR) is 81.9 cm³/mol. The van der Waals surface area contributed by atoms with E-state index in [1.165, 1.54) is 6.42 Å². The van der Waals surface area contributed by atoms with Crippen LogP contribution in [0.2, 0.25) is 5.02 Å². The third-order valence-electron chi connectivity index (χ3n) is 3.71. The fourth-order valence-electron chi connectivity index (χ4n) is 2.53. The van der Waals surface area contributed by atoms with Gasteiger partial charge in [0.15, 0.2) is 11.5 Å². The molecule has 0 amide bonds. The molecular weight excluding hydrogens is 276 g/mol. The van der Waals surface area contributed by atoms with Crippen LogP contribution in [-0.4, -0.2) is 49.8 Å². The van der Waals surface area contributed by atoms with E-state index < -0.39 is 0 Å². The molecule has 1 heterocycles. The summed E-state index contributed by atoms with van der Waals surface area (Å²) in [6.07, 6.45) is 3.26. The quantitative estimate of drug-likeness (QED) is 0.791. The van der Waals surface area contributed by atoms with E-state index in [4.69, 9.17) is 16.3 Å². The van der Waals surface area contributed by atoms with Crippen LogP contribution < -0.4 is 10.1 Å². The highest BCUT2D eigenvalue weighted by Gasteiger charge is 2.10. The van der Waals surface area contributed by atoms with Gasteiger partial charge < -0.3 is 20.1 Å². The number of methoxy groups -OCH3 is 1. The summed E-state index contributed by atoms with van der Waals surface area (Å²) in [4.78, 5) is 2.50. The van der Waals surface area contributed by atoms with Gasteiger partial charge in [0, 0.05) is 26.2 Å². The Morgan fingerprint density at radius 1 is 1.30 bits per heavy atom. The molecule has 0 saturated carbocycles. The average Bonchev–Trinajstić information content (AvgIpc) is 2.48. The largest absolute Gasteiger partial charge is 0.503 e. The lowest BCUT2D eigenvalue weighted by molar-refractivity contribution is 0.237. The molecule has 4 nitrogen and oxygen atoms in total. The summed E-state index contributed by atoms with van der Waals surface area (Å²) >= 11 is 5.99. The van der Waals surface area contributed by atoms with E-state index in [1.807, 2.05) is 12.1 Å². The molecule has 0 spiro atoms. The fraction of sp³-hybridized carbons (Fsp3) is 0.600. The Bertz CT molecular complexity index is 434. The van der Waals surface area contributed by atoms with E-state index in [0.717, 1.165) is 51.1 Å². The number of nitrogens with one attached hydrogen (secondary N) is 1. The zero-order valence-electron chi connectivity index (χ0n) is 12.0. The first-order chi connectivity index (χ1) is 9.70. The maximum absolute atomic E-state index is 9.69. The second-order valence-electron chi connectivity index (χ2n) is 5.18. The van der Waals surface area contributed by atoms with Crippen molar-refractivity contribution in [3.8, 4) is 11.5 Å². The lowest BCUT2D eigenvalue weighted by Gasteiger charge is -2.27. The van der Waals surface area contributed by atoms with Gasteiger partial charge in [-0.25, -0.2) is 0 Å². The molecule has 5 heteroatoms. The van der Waals surface area contributed by atoms with Gasteiger partial charge >= 0.3 is 0 Å². The number of phenolic OH excluding ortho intramolecular Hbond substituents is 1. The lowest BCUT2D eigenvalue weighted by atomic mass is 10.1. The van der Waals surface area contributed by atoms with Gasteiger partial charge in [0.2, 0.25) is 0 Å². The zero-order chi connectivity index (χ0) is 14.4. The van der Waals surface area contributed by atoms with Crippen molar-refractivity contribution < 1.29 is 9.84 Å². The molecule has 0 atom stereocenters. The minimum absolute atomic E-state index is 0.0266. The highest BCUT2D eigenvalue weighted by molar-refractivity contribution is 6.32. The minimum atomic E-state index is 0.0266. The number of benzene rings is 1. The first-order valence-corrected chi connectivity index (χ1v) is 7.57. The number of piperazine rings is 1. The van der Waals surface area contributed by atoms with Crippen LogP contribution in [0.15, 0.2) is 12.1 Å². The molecule has 2 rings (SSSR count). The van der Waals surface area contributed by atoms with E-state index >= 15 is 0 Å². The number of ether oxygens (including phenoxy) is 1. The van der Waals surface area contributed by atoms with E-state index in [0.29, 0.717) is 10.8 Å². The zero-order valence-corrected chi connectivity index (χ0v) is 12.7. The van der Waals surface area contributed by atoms with Gasteiger partial charge in [0.1, 0.15) is 0 Å². The van der Waals surface area contributed by atoms with Crippen molar-refractivity contribution in [3.05, 3.63) is 22.7 Å². The molecule has 1 fully saturated rings. The molecule has 112 valence electrons. The molecule has 20 heavy (non-hydrogen) atoms. The SMILES string of the molecule is COc1cc(CCCCN2CCNCC2)cc(Cl)c1O. The first-order valence-electron chi connectivity index (χ1n) is 7.19. The molecule has 0 unspecified atom stereocenters. The van der Waals surface area contributed by atoms with Crippen molar-refractivity contribution in [1.29, 1.82) is 0 Å². The second kappa shape index (κ2) is 7.72. The van der Waals surface area contributed by atoms with Gasteiger partial charge in [-0.15, -0.1) is 0 Å². The molecule has 0 radical (unpaired) electrons. The Balaban J connectivity index is 1.77. The molecule has 1 aliphatic heterocycles. The molecule has 0 bridgehead atoms. The fourth-order valence-corrected chi connectivity index (χ4v) is 2.76. The standard InChI is InChI=1S/C15H23ClN2O2/c1-20-14-11-12(10-13(16)15(14)19)4-2-3-7-18-8-5-17-6-9-18/h10-11,17,19H,2-9H2,1H3. The van der Waals surface area contributed by atoms with E-state index in [9.17, 15) is 5.11 Å². The minimum Gasteiger partial charge on any atom is -0.503 e. The van der Waals surface area contributed by atoms with E-state index in [2.05, 4.69) is 10.2 Å². The van der Waals surface area contributed by atoms with Crippen molar-refractivity contribution in [2.24, 2.45) is 0 Å². The van der Waals surface area contributed by atoms with Crippen LogP contribution in [0.4, 0.5) is 0 Å². The Morgan fingerprint density at radius 3 is 2.75 bits per heavy atom. The van der Waals surface area contributed by atoms with Gasteiger partial charge in [0.25, 0.3) is 0 Å². The summed E-state index contributed by atoms with van der Waals surface area (Å²) in [6.45, 7) is 5.66. The summed E-state index contributed by atoms with van der Waals surface area (Å²) in [5, 5.41) is 13.4. The molecule has 1 saturated heterocycles. The number of aromatic hydroxyl groups is 1. The van der Waals surface area contributed by atoms with Crippen LogP contribution in [0, 0.1) is 0 Å². The first kappa shape index (κ1) is 15.4.